The molecule has 2 aliphatic carbocycles. The Bertz CT molecular complexity index is 648. The van der Waals surface area contributed by atoms with Crippen molar-refractivity contribution in [3.63, 3.8) is 0 Å². The molecule has 1 aromatic carbocycles. The highest BCUT2D eigenvalue weighted by Crippen LogP contribution is 2.39. The van der Waals surface area contributed by atoms with Crippen molar-refractivity contribution in [3.05, 3.63) is 35.6 Å². The van der Waals surface area contributed by atoms with Crippen LogP contribution in [0.5, 0.6) is 0 Å². The lowest BCUT2D eigenvalue weighted by Crippen LogP contribution is -2.50. The molecule has 2 fully saturated rings. The highest BCUT2D eigenvalue weighted by Gasteiger charge is 2.43. The van der Waals surface area contributed by atoms with E-state index < -0.39 is 5.54 Å². The van der Waals surface area contributed by atoms with Crippen molar-refractivity contribution >= 4 is 5.91 Å². The van der Waals surface area contributed by atoms with Crippen LogP contribution in [0.3, 0.4) is 0 Å². The maximum absolute atomic E-state index is 13.3. The van der Waals surface area contributed by atoms with E-state index in [1.165, 1.54) is 6.07 Å². The van der Waals surface area contributed by atoms with Crippen molar-refractivity contribution in [2.75, 3.05) is 13.1 Å². The van der Waals surface area contributed by atoms with E-state index in [2.05, 4.69) is 16.3 Å². The van der Waals surface area contributed by atoms with Crippen molar-refractivity contribution in [2.45, 2.75) is 50.6 Å². The second kappa shape index (κ2) is 6.90. The molecule has 1 N–H and O–H groups in total. The van der Waals surface area contributed by atoms with Gasteiger partial charge in [0.25, 0.3) is 0 Å². The van der Waals surface area contributed by atoms with Gasteiger partial charge in [0.05, 0.1) is 12.6 Å². The standard InChI is InChI=1S/C19H24FN3O/c1-19(13-21,15-5-6-15)22-18(24)12-23(17-7-8-17)10-9-14-3-2-4-16(20)11-14/h2-4,11,15,17H,5-10,12H2,1H3,(H,22,24). The first-order valence-electron chi connectivity index (χ1n) is 8.71. The molecular formula is C19H24FN3O. The smallest absolute Gasteiger partial charge is 0.235 e. The van der Waals surface area contributed by atoms with Crippen LogP contribution < -0.4 is 5.32 Å². The Labute approximate surface area is 142 Å². The topological polar surface area (TPSA) is 56.1 Å². The van der Waals surface area contributed by atoms with Crippen molar-refractivity contribution < 1.29 is 9.18 Å². The first-order chi connectivity index (χ1) is 11.5. The van der Waals surface area contributed by atoms with E-state index in [4.69, 9.17) is 0 Å². The summed E-state index contributed by atoms with van der Waals surface area (Å²) in [6.07, 6.45) is 4.95. The molecule has 1 aromatic rings. The molecule has 0 radical (unpaired) electrons. The molecular weight excluding hydrogens is 305 g/mol. The molecule has 2 aliphatic rings. The van der Waals surface area contributed by atoms with Gasteiger partial charge in [-0.05, 0) is 62.6 Å². The number of hydrogen-bond acceptors (Lipinski definition) is 3. The lowest BCUT2D eigenvalue weighted by atomic mass is 9.98. The Morgan fingerprint density at radius 3 is 2.75 bits per heavy atom. The third-order valence-electron chi connectivity index (χ3n) is 5.01. The lowest BCUT2D eigenvalue weighted by Gasteiger charge is -2.26. The van der Waals surface area contributed by atoms with Gasteiger partial charge < -0.3 is 5.32 Å². The fourth-order valence-electron chi connectivity index (χ4n) is 3.19. The minimum atomic E-state index is -0.741. The molecule has 0 aromatic heterocycles. The van der Waals surface area contributed by atoms with Gasteiger partial charge in [-0.15, -0.1) is 0 Å². The molecule has 0 heterocycles. The maximum atomic E-state index is 13.3. The molecule has 0 aliphatic heterocycles. The second-order valence-electron chi connectivity index (χ2n) is 7.22. The average Bonchev–Trinajstić information content (AvgIpc) is 3.42. The molecule has 1 unspecified atom stereocenters. The van der Waals surface area contributed by atoms with Gasteiger partial charge in [0, 0.05) is 12.6 Å². The van der Waals surface area contributed by atoms with E-state index in [1.54, 1.807) is 12.1 Å². The summed E-state index contributed by atoms with van der Waals surface area (Å²) in [5.74, 6) is -0.0253. The number of rotatable bonds is 8. The molecule has 24 heavy (non-hydrogen) atoms. The summed E-state index contributed by atoms with van der Waals surface area (Å²) in [7, 11) is 0. The summed E-state index contributed by atoms with van der Waals surface area (Å²) in [4.78, 5) is 14.6. The normalized spacial score (nSPS) is 19.6. The molecule has 0 saturated heterocycles. The summed E-state index contributed by atoms with van der Waals surface area (Å²) < 4.78 is 13.3. The zero-order valence-corrected chi connectivity index (χ0v) is 14.1. The molecule has 2 saturated carbocycles. The van der Waals surface area contributed by atoms with E-state index in [-0.39, 0.29) is 17.6 Å². The minimum Gasteiger partial charge on any atom is -0.337 e. The molecule has 3 rings (SSSR count). The monoisotopic (exact) mass is 329 g/mol. The quantitative estimate of drug-likeness (QED) is 0.798. The minimum absolute atomic E-state index is 0.0860. The summed E-state index contributed by atoms with van der Waals surface area (Å²) in [5.41, 5.74) is 0.204. The predicted molar refractivity (Wildman–Crippen MR) is 89.6 cm³/mol. The van der Waals surface area contributed by atoms with Crippen LogP contribution in [-0.2, 0) is 11.2 Å². The number of nitrogens with zero attached hydrogens (tertiary/aromatic N) is 2. The highest BCUT2D eigenvalue weighted by atomic mass is 19.1. The van der Waals surface area contributed by atoms with E-state index >= 15 is 0 Å². The van der Waals surface area contributed by atoms with Gasteiger partial charge in [-0.1, -0.05) is 12.1 Å². The summed E-state index contributed by atoms with van der Waals surface area (Å²) >= 11 is 0. The largest absolute Gasteiger partial charge is 0.337 e. The van der Waals surface area contributed by atoms with Crippen LogP contribution in [0, 0.1) is 23.1 Å². The first-order valence-corrected chi connectivity index (χ1v) is 8.71. The van der Waals surface area contributed by atoms with Crippen LogP contribution in [0.1, 0.15) is 38.2 Å². The van der Waals surface area contributed by atoms with E-state index in [0.717, 1.165) is 44.2 Å². The van der Waals surface area contributed by atoms with Crippen molar-refractivity contribution in [3.8, 4) is 6.07 Å². The number of amides is 1. The lowest BCUT2D eigenvalue weighted by molar-refractivity contribution is -0.123. The SMILES string of the molecule is CC(C#N)(NC(=O)CN(CCc1cccc(F)c1)C1CC1)C1CC1. The molecule has 5 heteroatoms. The molecule has 0 spiro atoms. The Morgan fingerprint density at radius 2 is 2.17 bits per heavy atom. The molecule has 128 valence electrons. The van der Waals surface area contributed by atoms with Gasteiger partial charge in [-0.25, -0.2) is 4.39 Å². The number of carbonyl (C=O) groups excluding carboxylic acids is 1. The number of nitriles is 1. The first kappa shape index (κ1) is 16.9. The Morgan fingerprint density at radius 1 is 1.42 bits per heavy atom. The molecule has 1 amide bonds. The Balaban J connectivity index is 1.54. The predicted octanol–water partition coefficient (Wildman–Crippen LogP) is 2.64. The fourth-order valence-corrected chi connectivity index (χ4v) is 3.19. The van der Waals surface area contributed by atoms with Gasteiger partial charge in [-0.2, -0.15) is 5.26 Å². The van der Waals surface area contributed by atoms with E-state index in [0.29, 0.717) is 12.6 Å². The van der Waals surface area contributed by atoms with Crippen LogP contribution in [0.4, 0.5) is 4.39 Å². The zero-order valence-electron chi connectivity index (χ0n) is 14.1. The van der Waals surface area contributed by atoms with Crippen LogP contribution in [0.2, 0.25) is 0 Å². The second-order valence-corrected chi connectivity index (χ2v) is 7.22. The summed E-state index contributed by atoms with van der Waals surface area (Å²) in [6.45, 7) is 2.86. The molecule has 4 nitrogen and oxygen atoms in total. The molecule has 0 bridgehead atoms. The van der Waals surface area contributed by atoms with Crippen LogP contribution in [-0.4, -0.2) is 35.5 Å². The number of benzene rings is 1. The van der Waals surface area contributed by atoms with E-state index in [1.807, 2.05) is 13.0 Å². The average molecular weight is 329 g/mol. The summed E-state index contributed by atoms with van der Waals surface area (Å²) in [6, 6.07) is 9.32. The van der Waals surface area contributed by atoms with Gasteiger partial charge in [0.15, 0.2) is 0 Å². The Kier molecular flexibility index (Phi) is 4.86. The van der Waals surface area contributed by atoms with Crippen molar-refractivity contribution in [1.29, 1.82) is 5.26 Å². The van der Waals surface area contributed by atoms with Gasteiger partial charge in [0.2, 0.25) is 5.91 Å². The van der Waals surface area contributed by atoms with Crippen LogP contribution in [0.25, 0.3) is 0 Å². The zero-order chi connectivity index (χ0) is 17.2. The van der Waals surface area contributed by atoms with E-state index in [9.17, 15) is 14.4 Å². The molecule has 1 atom stereocenters. The highest BCUT2D eigenvalue weighted by molar-refractivity contribution is 5.79. The third kappa shape index (κ3) is 4.33. The van der Waals surface area contributed by atoms with Crippen molar-refractivity contribution in [1.82, 2.24) is 10.2 Å². The Hall–Kier alpha value is -1.93. The van der Waals surface area contributed by atoms with Crippen molar-refractivity contribution in [2.24, 2.45) is 5.92 Å². The van der Waals surface area contributed by atoms with Crippen LogP contribution in [0.15, 0.2) is 24.3 Å². The van der Waals surface area contributed by atoms with Gasteiger partial charge in [-0.3, -0.25) is 9.69 Å². The third-order valence-corrected chi connectivity index (χ3v) is 5.01. The number of nitrogens with one attached hydrogen (secondary N) is 1. The van der Waals surface area contributed by atoms with Gasteiger partial charge >= 0.3 is 0 Å². The fraction of sp³-hybridized carbons (Fsp3) is 0.579. The van der Waals surface area contributed by atoms with Crippen LogP contribution >= 0.6 is 0 Å². The number of halogens is 1. The number of carbonyl (C=O) groups is 1. The maximum Gasteiger partial charge on any atom is 0.235 e. The number of hydrogen-bond donors (Lipinski definition) is 1. The van der Waals surface area contributed by atoms with Gasteiger partial charge in [0.1, 0.15) is 11.4 Å². The summed E-state index contributed by atoms with van der Waals surface area (Å²) in [5, 5.41) is 12.3.